The molecule has 0 fully saturated rings. The zero-order chi connectivity index (χ0) is 15.6. The van der Waals surface area contributed by atoms with E-state index in [1.54, 1.807) is 6.20 Å². The highest BCUT2D eigenvalue weighted by molar-refractivity contribution is 5.77. The van der Waals surface area contributed by atoms with E-state index in [-0.39, 0.29) is 0 Å². The Hall–Kier alpha value is -2.30. The smallest absolute Gasteiger partial charge is 0.188 e. The van der Waals surface area contributed by atoms with Gasteiger partial charge in [0.05, 0.1) is 12.2 Å². The Morgan fingerprint density at radius 1 is 1.23 bits per heavy atom. The molecule has 0 amide bonds. The molecule has 0 spiro atoms. The first kappa shape index (κ1) is 16.1. The maximum atomic E-state index is 5.92. The Balaban J connectivity index is 1.89. The van der Waals surface area contributed by atoms with E-state index in [2.05, 4.69) is 28.4 Å². The molecule has 3 N–H and O–H groups in total. The molecule has 2 rings (SSSR count). The summed E-state index contributed by atoms with van der Waals surface area (Å²) in [5.41, 5.74) is 8.05. The lowest BCUT2D eigenvalue weighted by atomic mass is 10.2. The maximum absolute atomic E-state index is 5.92. The number of nitrogens with zero attached hydrogens (tertiary/aromatic N) is 3. The largest absolute Gasteiger partial charge is 0.370 e. The summed E-state index contributed by atoms with van der Waals surface area (Å²) >= 11 is 0. The van der Waals surface area contributed by atoms with Crippen LogP contribution in [0, 0.1) is 0 Å². The molecule has 0 aliphatic heterocycles. The van der Waals surface area contributed by atoms with E-state index < -0.39 is 0 Å². The van der Waals surface area contributed by atoms with Gasteiger partial charge >= 0.3 is 0 Å². The number of aliphatic imine (C=N–C) groups is 1. The predicted octanol–water partition coefficient (Wildman–Crippen LogP) is 2.86. The van der Waals surface area contributed by atoms with Gasteiger partial charge in [-0.05, 0) is 24.1 Å². The lowest BCUT2D eigenvalue weighted by molar-refractivity contribution is 0.652. The van der Waals surface area contributed by atoms with Crippen molar-refractivity contribution in [2.45, 2.75) is 39.2 Å². The number of nitrogens with one attached hydrogen (secondary N) is 1. The molecule has 0 saturated carbocycles. The van der Waals surface area contributed by atoms with Gasteiger partial charge in [0.2, 0.25) is 0 Å². The molecule has 5 nitrogen and oxygen atoms in total. The number of aromatic nitrogens is 2. The van der Waals surface area contributed by atoms with Crippen LogP contribution in [0.25, 0.3) is 5.69 Å². The summed E-state index contributed by atoms with van der Waals surface area (Å²) < 4.78 is 1.85. The molecule has 0 aliphatic carbocycles. The van der Waals surface area contributed by atoms with Crippen molar-refractivity contribution >= 4 is 5.96 Å². The van der Waals surface area contributed by atoms with Crippen LogP contribution in [0.4, 0.5) is 0 Å². The van der Waals surface area contributed by atoms with Crippen LogP contribution >= 0.6 is 0 Å². The molecule has 1 heterocycles. The molecule has 1 aromatic heterocycles. The number of benzene rings is 1. The highest BCUT2D eigenvalue weighted by Gasteiger charge is 2.03. The van der Waals surface area contributed by atoms with Gasteiger partial charge < -0.3 is 11.1 Å². The molecular weight excluding hydrogens is 274 g/mol. The summed E-state index contributed by atoms with van der Waals surface area (Å²) in [7, 11) is 0. The minimum absolute atomic E-state index is 0.506. The van der Waals surface area contributed by atoms with Gasteiger partial charge in [0, 0.05) is 18.9 Å². The Labute approximate surface area is 132 Å². The number of unbranched alkanes of at least 4 members (excludes halogenated alkanes) is 3. The Kier molecular flexibility index (Phi) is 6.48. The van der Waals surface area contributed by atoms with Crippen molar-refractivity contribution in [3.63, 3.8) is 0 Å². The molecule has 1 aromatic carbocycles. The van der Waals surface area contributed by atoms with Crippen molar-refractivity contribution in [3.8, 4) is 5.69 Å². The molecule has 118 valence electrons. The molecule has 0 aliphatic rings. The number of para-hydroxylation sites is 1. The normalized spacial score (nSPS) is 11.6. The van der Waals surface area contributed by atoms with Crippen molar-refractivity contribution in [3.05, 3.63) is 48.3 Å². The monoisotopic (exact) mass is 299 g/mol. The second-order valence-corrected chi connectivity index (χ2v) is 5.27. The number of nitrogens with two attached hydrogens (primary N) is 1. The number of guanidine groups is 1. The third kappa shape index (κ3) is 4.91. The van der Waals surface area contributed by atoms with Crippen molar-refractivity contribution in [1.29, 1.82) is 0 Å². The molecule has 5 heteroatoms. The molecule has 0 unspecified atom stereocenters. The van der Waals surface area contributed by atoms with E-state index in [1.165, 1.54) is 19.3 Å². The molecule has 22 heavy (non-hydrogen) atoms. The van der Waals surface area contributed by atoms with Gasteiger partial charge in [0.15, 0.2) is 5.96 Å². The zero-order valence-corrected chi connectivity index (χ0v) is 13.2. The van der Waals surface area contributed by atoms with Crippen LogP contribution in [-0.2, 0) is 6.54 Å². The van der Waals surface area contributed by atoms with Gasteiger partial charge in [-0.1, -0.05) is 44.4 Å². The summed E-state index contributed by atoms with van der Waals surface area (Å²) in [6, 6.07) is 10.00. The minimum Gasteiger partial charge on any atom is -0.370 e. The molecule has 0 atom stereocenters. The fourth-order valence-electron chi connectivity index (χ4n) is 2.27. The topological polar surface area (TPSA) is 68.2 Å². The fourth-order valence-corrected chi connectivity index (χ4v) is 2.27. The van der Waals surface area contributed by atoms with Crippen LogP contribution in [0.15, 0.2) is 47.7 Å². The second-order valence-electron chi connectivity index (χ2n) is 5.27. The quantitative estimate of drug-likeness (QED) is 0.447. The molecule has 2 aromatic rings. The highest BCUT2D eigenvalue weighted by atomic mass is 15.3. The Morgan fingerprint density at radius 2 is 2.09 bits per heavy atom. The fraction of sp³-hybridized carbons (Fsp3) is 0.412. The summed E-state index contributed by atoms with van der Waals surface area (Å²) in [6.45, 7) is 3.64. The van der Waals surface area contributed by atoms with Crippen LogP contribution in [0.3, 0.4) is 0 Å². The first-order chi connectivity index (χ1) is 10.8. The van der Waals surface area contributed by atoms with Gasteiger partial charge in [-0.25, -0.2) is 9.67 Å². The van der Waals surface area contributed by atoms with Crippen LogP contribution in [0.2, 0.25) is 0 Å². The third-order valence-corrected chi connectivity index (χ3v) is 3.50. The first-order valence-corrected chi connectivity index (χ1v) is 7.93. The van der Waals surface area contributed by atoms with Gasteiger partial charge in [0.25, 0.3) is 0 Å². The van der Waals surface area contributed by atoms with Crippen LogP contribution in [0.5, 0.6) is 0 Å². The average Bonchev–Trinajstić information content (AvgIpc) is 3.07. The highest BCUT2D eigenvalue weighted by Crippen LogP contribution is 2.14. The number of rotatable bonds is 8. The average molecular weight is 299 g/mol. The molecule has 0 saturated heterocycles. The van der Waals surface area contributed by atoms with E-state index >= 15 is 0 Å². The van der Waals surface area contributed by atoms with Crippen molar-refractivity contribution in [2.24, 2.45) is 10.7 Å². The van der Waals surface area contributed by atoms with Gasteiger partial charge in [-0.15, -0.1) is 0 Å². The Morgan fingerprint density at radius 3 is 2.86 bits per heavy atom. The van der Waals surface area contributed by atoms with Crippen molar-refractivity contribution in [2.75, 3.05) is 6.54 Å². The zero-order valence-electron chi connectivity index (χ0n) is 13.2. The summed E-state index contributed by atoms with van der Waals surface area (Å²) in [5.74, 6) is 0.506. The van der Waals surface area contributed by atoms with Gasteiger partial charge in [0.1, 0.15) is 0 Å². The van der Waals surface area contributed by atoms with Gasteiger partial charge in [-0.3, -0.25) is 0 Å². The molecular formula is C17H25N5. The van der Waals surface area contributed by atoms with Crippen LogP contribution in [-0.4, -0.2) is 22.3 Å². The van der Waals surface area contributed by atoms with Crippen molar-refractivity contribution < 1.29 is 0 Å². The Bertz CT molecular complexity index is 574. The van der Waals surface area contributed by atoms with E-state index in [1.807, 2.05) is 35.1 Å². The lowest BCUT2D eigenvalue weighted by Gasteiger charge is -2.09. The summed E-state index contributed by atoms with van der Waals surface area (Å²) in [4.78, 5) is 4.42. The lowest BCUT2D eigenvalue weighted by Crippen LogP contribution is -2.32. The number of hydrogen-bond acceptors (Lipinski definition) is 2. The van der Waals surface area contributed by atoms with Gasteiger partial charge in [-0.2, -0.15) is 5.10 Å². The van der Waals surface area contributed by atoms with Crippen molar-refractivity contribution in [1.82, 2.24) is 15.1 Å². The molecule has 0 bridgehead atoms. The summed E-state index contributed by atoms with van der Waals surface area (Å²) in [5, 5.41) is 7.45. The van der Waals surface area contributed by atoms with Crippen LogP contribution in [0.1, 0.15) is 38.2 Å². The number of hydrogen-bond donors (Lipinski definition) is 2. The first-order valence-electron chi connectivity index (χ1n) is 7.93. The van der Waals surface area contributed by atoms with Crippen LogP contribution < -0.4 is 11.1 Å². The third-order valence-electron chi connectivity index (χ3n) is 3.50. The summed E-state index contributed by atoms with van der Waals surface area (Å²) in [6.07, 6.45) is 8.58. The second kappa shape index (κ2) is 8.87. The SMILES string of the molecule is CCCCCCNC(N)=NCc1ccccc1-n1cccn1. The maximum Gasteiger partial charge on any atom is 0.188 e. The van der Waals surface area contributed by atoms with E-state index in [0.29, 0.717) is 12.5 Å². The molecule has 0 radical (unpaired) electrons. The standard InChI is InChI=1S/C17H25N5/c1-2-3-4-7-11-19-17(18)20-14-15-9-5-6-10-16(15)22-13-8-12-21-22/h5-6,8-10,12-13H,2-4,7,11,14H2,1H3,(H3,18,19,20). The predicted molar refractivity (Wildman–Crippen MR) is 91.0 cm³/mol. The van der Waals surface area contributed by atoms with E-state index in [0.717, 1.165) is 24.2 Å². The minimum atomic E-state index is 0.506. The van der Waals surface area contributed by atoms with E-state index in [9.17, 15) is 0 Å². The van der Waals surface area contributed by atoms with E-state index in [4.69, 9.17) is 5.73 Å².